The summed E-state index contributed by atoms with van der Waals surface area (Å²) in [6.07, 6.45) is 5.07. The molecule has 0 fully saturated rings. The van der Waals surface area contributed by atoms with Gasteiger partial charge in [0, 0.05) is 17.4 Å². The number of nitrogens with one attached hydrogen (secondary N) is 1. The van der Waals surface area contributed by atoms with Crippen LogP contribution in [0.1, 0.15) is 11.4 Å². The van der Waals surface area contributed by atoms with Gasteiger partial charge < -0.3 is 4.74 Å². The molecule has 3 aromatic rings. The van der Waals surface area contributed by atoms with E-state index >= 15 is 0 Å². The van der Waals surface area contributed by atoms with E-state index in [1.807, 2.05) is 12.1 Å². The maximum atomic E-state index is 5.84. The second-order valence-electron chi connectivity index (χ2n) is 4.52. The Morgan fingerprint density at radius 3 is 2.70 bits per heavy atom. The molecule has 0 spiro atoms. The minimum absolute atomic E-state index is 0.225. The van der Waals surface area contributed by atoms with Crippen LogP contribution < -0.4 is 4.74 Å². The van der Waals surface area contributed by atoms with Crippen LogP contribution in [-0.2, 0) is 6.61 Å². The Hall–Kier alpha value is -2.51. The van der Waals surface area contributed by atoms with Crippen molar-refractivity contribution in [2.24, 2.45) is 5.10 Å². The molecule has 2 aromatic heterocycles. The molecule has 2 heterocycles. The van der Waals surface area contributed by atoms with Crippen LogP contribution in [0.15, 0.2) is 53.9 Å². The van der Waals surface area contributed by atoms with Crippen molar-refractivity contribution < 1.29 is 4.74 Å². The van der Waals surface area contributed by atoms with Crippen molar-refractivity contribution in [2.45, 2.75) is 6.61 Å². The van der Waals surface area contributed by atoms with Gasteiger partial charge >= 0.3 is 0 Å². The highest BCUT2D eigenvalue weighted by Crippen LogP contribution is 2.16. The number of nitrogens with zero attached hydrogens (tertiary/aromatic N) is 4. The molecular formula is C15H12ClN5OS. The first-order valence-corrected chi connectivity index (χ1v) is 7.50. The number of H-pyrrole nitrogens is 1. The van der Waals surface area contributed by atoms with E-state index in [-0.39, 0.29) is 6.61 Å². The van der Waals surface area contributed by atoms with Crippen molar-refractivity contribution in [3.63, 3.8) is 0 Å². The minimum Gasteiger partial charge on any atom is -0.486 e. The highest BCUT2D eigenvalue weighted by Gasteiger charge is 2.06. The van der Waals surface area contributed by atoms with E-state index in [1.165, 1.54) is 4.68 Å². The van der Waals surface area contributed by atoms with Gasteiger partial charge in [-0.1, -0.05) is 11.6 Å². The highest BCUT2D eigenvalue weighted by atomic mass is 35.5. The fraction of sp³-hybridized carbons (Fsp3) is 0.0667. The lowest BCUT2D eigenvalue weighted by molar-refractivity contribution is 0.290. The summed E-state index contributed by atoms with van der Waals surface area (Å²) in [5, 5.41) is 11.8. The molecule has 0 saturated carbocycles. The molecule has 0 aliphatic heterocycles. The van der Waals surface area contributed by atoms with Crippen LogP contribution in [0.4, 0.5) is 0 Å². The van der Waals surface area contributed by atoms with Gasteiger partial charge in [0.2, 0.25) is 4.77 Å². The number of halogens is 1. The third-order valence-corrected chi connectivity index (χ3v) is 3.44. The van der Waals surface area contributed by atoms with Gasteiger partial charge in [0.05, 0.1) is 6.21 Å². The van der Waals surface area contributed by atoms with Crippen LogP contribution in [0.5, 0.6) is 5.75 Å². The smallest absolute Gasteiger partial charge is 0.216 e. The van der Waals surface area contributed by atoms with Gasteiger partial charge in [-0.05, 0) is 54.2 Å². The lowest BCUT2D eigenvalue weighted by atomic mass is 10.3. The van der Waals surface area contributed by atoms with Crippen LogP contribution in [0.25, 0.3) is 0 Å². The molecule has 0 unspecified atom stereocenters. The number of aromatic nitrogens is 4. The van der Waals surface area contributed by atoms with Crippen molar-refractivity contribution in [1.29, 1.82) is 0 Å². The minimum atomic E-state index is 0.225. The monoisotopic (exact) mass is 345 g/mol. The summed E-state index contributed by atoms with van der Waals surface area (Å²) >= 11 is 11.0. The molecule has 0 amide bonds. The van der Waals surface area contributed by atoms with E-state index in [9.17, 15) is 0 Å². The van der Waals surface area contributed by atoms with Gasteiger partial charge in [0.25, 0.3) is 0 Å². The maximum Gasteiger partial charge on any atom is 0.216 e. The fourth-order valence-electron chi connectivity index (χ4n) is 1.79. The first-order chi connectivity index (χ1) is 11.2. The summed E-state index contributed by atoms with van der Waals surface area (Å²) in [6, 6.07) is 10.8. The average molecular weight is 346 g/mol. The zero-order chi connectivity index (χ0) is 16.1. The molecular weight excluding hydrogens is 334 g/mol. The van der Waals surface area contributed by atoms with E-state index in [0.717, 1.165) is 5.56 Å². The van der Waals surface area contributed by atoms with Crippen molar-refractivity contribution in [3.8, 4) is 5.75 Å². The molecule has 0 aliphatic carbocycles. The molecule has 1 aromatic carbocycles. The Morgan fingerprint density at radius 1 is 1.22 bits per heavy atom. The number of ether oxygens (including phenoxy) is 1. The van der Waals surface area contributed by atoms with Crippen LogP contribution in [0.2, 0.25) is 5.02 Å². The second-order valence-corrected chi connectivity index (χ2v) is 5.35. The molecule has 0 saturated heterocycles. The number of rotatable bonds is 5. The third kappa shape index (κ3) is 4.02. The van der Waals surface area contributed by atoms with Crippen LogP contribution >= 0.6 is 23.8 Å². The van der Waals surface area contributed by atoms with E-state index in [4.69, 9.17) is 28.6 Å². The Kier molecular flexibility index (Phi) is 4.80. The fourth-order valence-corrected chi connectivity index (χ4v) is 2.11. The SMILES string of the molecule is S=c1[nH]nc(COc2ccc(Cl)cc2)n1/N=C\c1ccncc1. The highest BCUT2D eigenvalue weighted by molar-refractivity contribution is 7.71. The number of hydrogen-bond donors (Lipinski definition) is 1. The first kappa shape index (κ1) is 15.4. The molecule has 0 bridgehead atoms. The molecule has 8 heteroatoms. The predicted molar refractivity (Wildman–Crippen MR) is 90.4 cm³/mol. The zero-order valence-electron chi connectivity index (χ0n) is 11.9. The molecule has 116 valence electrons. The van der Waals surface area contributed by atoms with Crippen molar-refractivity contribution in [1.82, 2.24) is 19.9 Å². The van der Waals surface area contributed by atoms with Gasteiger partial charge in [-0.25, -0.2) is 5.10 Å². The van der Waals surface area contributed by atoms with Crippen LogP contribution in [0.3, 0.4) is 0 Å². The molecule has 0 atom stereocenters. The van der Waals surface area contributed by atoms with E-state index in [2.05, 4.69) is 20.3 Å². The Balaban J connectivity index is 1.75. The van der Waals surface area contributed by atoms with Crippen molar-refractivity contribution in [2.75, 3.05) is 0 Å². The lowest BCUT2D eigenvalue weighted by Crippen LogP contribution is -2.04. The van der Waals surface area contributed by atoms with Gasteiger partial charge in [0.15, 0.2) is 5.82 Å². The predicted octanol–water partition coefficient (Wildman–Crippen LogP) is 3.45. The number of aromatic amines is 1. The average Bonchev–Trinajstić information content (AvgIpc) is 2.93. The topological polar surface area (TPSA) is 68.1 Å². The second kappa shape index (κ2) is 7.17. The summed E-state index contributed by atoms with van der Waals surface area (Å²) in [4.78, 5) is 3.96. The largest absolute Gasteiger partial charge is 0.486 e. The van der Waals surface area contributed by atoms with Crippen LogP contribution in [0, 0.1) is 4.77 Å². The third-order valence-electron chi connectivity index (χ3n) is 2.93. The Bertz CT molecular complexity index is 858. The normalized spacial score (nSPS) is 11.0. The van der Waals surface area contributed by atoms with Gasteiger partial charge in [-0.3, -0.25) is 4.98 Å². The van der Waals surface area contributed by atoms with Crippen molar-refractivity contribution in [3.05, 3.63) is 70.0 Å². The molecule has 23 heavy (non-hydrogen) atoms. The number of pyridine rings is 1. The lowest BCUT2D eigenvalue weighted by Gasteiger charge is -2.05. The number of hydrogen-bond acceptors (Lipinski definition) is 5. The number of benzene rings is 1. The van der Waals surface area contributed by atoms with E-state index < -0.39 is 0 Å². The van der Waals surface area contributed by atoms with Crippen molar-refractivity contribution >= 4 is 30.0 Å². The zero-order valence-corrected chi connectivity index (χ0v) is 13.5. The van der Waals surface area contributed by atoms with Gasteiger partial charge in [0.1, 0.15) is 12.4 Å². The summed E-state index contributed by atoms with van der Waals surface area (Å²) in [7, 11) is 0. The van der Waals surface area contributed by atoms with Gasteiger partial charge in [-0.2, -0.15) is 14.9 Å². The summed E-state index contributed by atoms with van der Waals surface area (Å²) in [5.41, 5.74) is 0.910. The molecule has 6 nitrogen and oxygen atoms in total. The Labute approximate surface area is 142 Å². The standard InChI is InChI=1S/C15H12ClN5OS/c16-12-1-3-13(4-2-12)22-10-14-19-20-15(23)21(14)18-9-11-5-7-17-8-6-11/h1-9H,10H2,(H,20,23)/b18-9-. The molecule has 1 N–H and O–H groups in total. The van der Waals surface area contributed by atoms with Gasteiger partial charge in [-0.15, -0.1) is 0 Å². The molecule has 0 aliphatic rings. The summed E-state index contributed by atoms with van der Waals surface area (Å²) < 4.78 is 7.57. The maximum absolute atomic E-state index is 5.84. The Morgan fingerprint density at radius 2 is 1.96 bits per heavy atom. The van der Waals surface area contributed by atoms with E-state index in [1.54, 1.807) is 42.9 Å². The van der Waals surface area contributed by atoms with E-state index in [0.29, 0.717) is 21.4 Å². The molecule has 3 rings (SSSR count). The molecule has 0 radical (unpaired) electrons. The summed E-state index contributed by atoms with van der Waals surface area (Å²) in [5.74, 6) is 1.25. The van der Waals surface area contributed by atoms with Crippen LogP contribution in [-0.4, -0.2) is 26.1 Å². The quantitative estimate of drug-likeness (QED) is 0.568. The summed E-state index contributed by atoms with van der Waals surface area (Å²) in [6.45, 7) is 0.225. The first-order valence-electron chi connectivity index (χ1n) is 6.71.